The molecule has 0 heterocycles. The number of fused-ring (bicyclic) bond motifs is 1. The molecule has 2 nitrogen and oxygen atoms in total. The first-order chi connectivity index (χ1) is 9.90. The minimum atomic E-state index is -4.09. The maximum Gasteiger partial charge on any atom is 0.319 e. The van der Waals surface area contributed by atoms with Crippen LogP contribution < -0.4 is 5.32 Å². The minimum absolute atomic E-state index is 0.222. The SMILES string of the molecule is OC(CNCC(F)(F)C(F)F)c1ccc2ccccc2c1. The summed E-state index contributed by atoms with van der Waals surface area (Å²) in [5, 5.41) is 14.0. The fraction of sp³-hybridized carbons (Fsp3) is 0.333. The predicted octanol–water partition coefficient (Wildman–Crippen LogP) is 3.36. The van der Waals surface area contributed by atoms with E-state index in [1.54, 1.807) is 12.1 Å². The van der Waals surface area contributed by atoms with Gasteiger partial charge in [0.2, 0.25) is 0 Å². The summed E-state index contributed by atoms with van der Waals surface area (Å²) in [7, 11) is 0. The predicted molar refractivity (Wildman–Crippen MR) is 72.7 cm³/mol. The summed E-state index contributed by atoms with van der Waals surface area (Å²) in [6.45, 7) is -1.39. The van der Waals surface area contributed by atoms with Gasteiger partial charge in [-0.1, -0.05) is 36.4 Å². The highest BCUT2D eigenvalue weighted by Gasteiger charge is 2.40. The highest BCUT2D eigenvalue weighted by molar-refractivity contribution is 5.83. The Hall–Kier alpha value is -1.66. The fourth-order valence-electron chi connectivity index (χ4n) is 1.99. The molecule has 1 unspecified atom stereocenters. The molecule has 2 aromatic rings. The number of nitrogens with one attached hydrogen (secondary N) is 1. The van der Waals surface area contributed by atoms with E-state index in [4.69, 9.17) is 0 Å². The van der Waals surface area contributed by atoms with Crippen molar-refractivity contribution in [2.24, 2.45) is 0 Å². The van der Waals surface area contributed by atoms with E-state index in [2.05, 4.69) is 5.32 Å². The van der Waals surface area contributed by atoms with Crippen molar-refractivity contribution >= 4 is 10.8 Å². The van der Waals surface area contributed by atoms with Gasteiger partial charge in [0.1, 0.15) is 0 Å². The van der Waals surface area contributed by atoms with Gasteiger partial charge < -0.3 is 10.4 Å². The second kappa shape index (κ2) is 6.41. The maximum absolute atomic E-state index is 12.7. The highest BCUT2D eigenvalue weighted by atomic mass is 19.3. The molecule has 0 fully saturated rings. The number of hydrogen-bond acceptors (Lipinski definition) is 2. The smallest absolute Gasteiger partial charge is 0.319 e. The zero-order valence-corrected chi connectivity index (χ0v) is 11.1. The largest absolute Gasteiger partial charge is 0.387 e. The average molecular weight is 301 g/mol. The van der Waals surface area contributed by atoms with Gasteiger partial charge in [0.15, 0.2) is 0 Å². The Morgan fingerprint density at radius 1 is 1.05 bits per heavy atom. The number of rotatable bonds is 6. The summed E-state index contributed by atoms with van der Waals surface area (Å²) < 4.78 is 49.4. The number of alkyl halides is 4. The quantitative estimate of drug-likeness (QED) is 0.802. The Labute approximate surface area is 119 Å². The van der Waals surface area contributed by atoms with E-state index in [-0.39, 0.29) is 6.54 Å². The zero-order chi connectivity index (χ0) is 15.5. The van der Waals surface area contributed by atoms with Crippen LogP contribution in [0.3, 0.4) is 0 Å². The van der Waals surface area contributed by atoms with Crippen molar-refractivity contribution < 1.29 is 22.7 Å². The second-order valence-electron chi connectivity index (χ2n) is 4.82. The van der Waals surface area contributed by atoms with Crippen molar-refractivity contribution in [3.63, 3.8) is 0 Å². The lowest BCUT2D eigenvalue weighted by atomic mass is 10.0. The standard InChI is InChI=1S/C15H15F4NO/c16-14(17)15(18,19)9-20-8-13(21)12-6-5-10-3-1-2-4-11(10)7-12/h1-7,13-14,20-21H,8-9H2. The van der Waals surface area contributed by atoms with Crippen LogP contribution in [0.4, 0.5) is 17.6 Å². The van der Waals surface area contributed by atoms with E-state index in [0.717, 1.165) is 10.8 Å². The van der Waals surface area contributed by atoms with Gasteiger partial charge in [0.25, 0.3) is 0 Å². The van der Waals surface area contributed by atoms with Crippen LogP contribution in [-0.4, -0.2) is 30.5 Å². The van der Waals surface area contributed by atoms with Crippen molar-refractivity contribution in [1.29, 1.82) is 0 Å². The van der Waals surface area contributed by atoms with Gasteiger partial charge >= 0.3 is 12.3 Å². The second-order valence-corrected chi connectivity index (χ2v) is 4.82. The van der Waals surface area contributed by atoms with Crippen LogP contribution in [0, 0.1) is 0 Å². The summed E-state index contributed by atoms with van der Waals surface area (Å²) in [6.07, 6.45) is -4.76. The molecule has 2 aromatic carbocycles. The van der Waals surface area contributed by atoms with Gasteiger partial charge in [0.05, 0.1) is 12.6 Å². The molecule has 114 valence electrons. The van der Waals surface area contributed by atoms with Gasteiger partial charge in [0, 0.05) is 6.54 Å². The Morgan fingerprint density at radius 2 is 1.71 bits per heavy atom. The number of aliphatic hydroxyl groups excluding tert-OH is 1. The molecule has 0 bridgehead atoms. The van der Waals surface area contributed by atoms with Crippen LogP contribution in [0.25, 0.3) is 10.8 Å². The summed E-state index contributed by atoms with van der Waals surface area (Å²) in [5.74, 6) is -4.09. The molecule has 0 aliphatic heterocycles. The third-order valence-corrected chi connectivity index (χ3v) is 3.18. The number of benzene rings is 2. The molecule has 0 aliphatic rings. The van der Waals surface area contributed by atoms with Crippen LogP contribution in [0.2, 0.25) is 0 Å². The lowest BCUT2D eigenvalue weighted by Crippen LogP contribution is -2.40. The monoisotopic (exact) mass is 301 g/mol. The van der Waals surface area contributed by atoms with E-state index in [1.165, 1.54) is 0 Å². The molecule has 0 saturated carbocycles. The number of hydrogen-bond donors (Lipinski definition) is 2. The molecule has 21 heavy (non-hydrogen) atoms. The molecule has 6 heteroatoms. The van der Waals surface area contributed by atoms with E-state index < -0.39 is 25.0 Å². The first kappa shape index (κ1) is 15.7. The van der Waals surface area contributed by atoms with E-state index >= 15 is 0 Å². The summed E-state index contributed by atoms with van der Waals surface area (Å²) in [5.41, 5.74) is 0.543. The van der Waals surface area contributed by atoms with E-state index in [9.17, 15) is 22.7 Å². The highest BCUT2D eigenvalue weighted by Crippen LogP contribution is 2.23. The third-order valence-electron chi connectivity index (χ3n) is 3.18. The molecule has 1 atom stereocenters. The first-order valence-corrected chi connectivity index (χ1v) is 6.43. The Kier molecular flexibility index (Phi) is 4.80. The Balaban J connectivity index is 1.97. The molecule has 2 N–H and O–H groups in total. The molecular weight excluding hydrogens is 286 g/mol. The van der Waals surface area contributed by atoms with Crippen molar-refractivity contribution in [2.45, 2.75) is 18.5 Å². The molecule has 0 radical (unpaired) electrons. The zero-order valence-electron chi connectivity index (χ0n) is 11.1. The minimum Gasteiger partial charge on any atom is -0.387 e. The molecule has 0 spiro atoms. The number of aliphatic hydroxyl groups is 1. The van der Waals surface area contributed by atoms with Gasteiger partial charge in [-0.3, -0.25) is 0 Å². The summed E-state index contributed by atoms with van der Waals surface area (Å²) >= 11 is 0. The van der Waals surface area contributed by atoms with Gasteiger partial charge in [-0.15, -0.1) is 0 Å². The molecule has 0 amide bonds. The van der Waals surface area contributed by atoms with Crippen molar-refractivity contribution in [2.75, 3.05) is 13.1 Å². The average Bonchev–Trinajstić information content (AvgIpc) is 2.46. The molecule has 0 saturated heterocycles. The van der Waals surface area contributed by atoms with E-state index in [1.807, 2.05) is 30.3 Å². The molecule has 0 aromatic heterocycles. The fourth-order valence-corrected chi connectivity index (χ4v) is 1.99. The Bertz CT molecular complexity index is 603. The maximum atomic E-state index is 12.7. The van der Waals surface area contributed by atoms with Gasteiger partial charge in [-0.05, 0) is 22.4 Å². The molecule has 0 aliphatic carbocycles. The van der Waals surface area contributed by atoms with Crippen LogP contribution in [0.1, 0.15) is 11.7 Å². The number of halogens is 4. The third kappa shape index (κ3) is 3.92. The topological polar surface area (TPSA) is 32.3 Å². The van der Waals surface area contributed by atoms with Crippen LogP contribution in [0.5, 0.6) is 0 Å². The van der Waals surface area contributed by atoms with Gasteiger partial charge in [-0.25, -0.2) is 8.78 Å². The van der Waals surface area contributed by atoms with Crippen LogP contribution in [-0.2, 0) is 0 Å². The van der Waals surface area contributed by atoms with Crippen LogP contribution >= 0.6 is 0 Å². The van der Waals surface area contributed by atoms with Gasteiger partial charge in [-0.2, -0.15) is 8.78 Å². The Morgan fingerprint density at radius 3 is 2.38 bits per heavy atom. The van der Waals surface area contributed by atoms with Crippen molar-refractivity contribution in [3.05, 3.63) is 48.0 Å². The lowest BCUT2D eigenvalue weighted by Gasteiger charge is -2.18. The molecule has 2 rings (SSSR count). The lowest BCUT2D eigenvalue weighted by molar-refractivity contribution is -0.125. The normalized spacial score (nSPS) is 13.8. The summed E-state index contributed by atoms with van der Waals surface area (Å²) in [6, 6.07) is 12.7. The van der Waals surface area contributed by atoms with Crippen molar-refractivity contribution in [1.82, 2.24) is 5.32 Å². The van der Waals surface area contributed by atoms with E-state index in [0.29, 0.717) is 5.56 Å². The molecular formula is C15H15F4NO. The van der Waals surface area contributed by atoms with Crippen molar-refractivity contribution in [3.8, 4) is 0 Å². The van der Waals surface area contributed by atoms with Crippen LogP contribution in [0.15, 0.2) is 42.5 Å². The summed E-state index contributed by atoms with van der Waals surface area (Å²) in [4.78, 5) is 0. The first-order valence-electron chi connectivity index (χ1n) is 6.43.